The lowest BCUT2D eigenvalue weighted by atomic mass is 9.88. The zero-order valence-electron chi connectivity index (χ0n) is 18.2. The van der Waals surface area contributed by atoms with Crippen molar-refractivity contribution in [1.82, 2.24) is 14.8 Å². The molecule has 0 bridgehead atoms. The SMILES string of the molecule is CC1CCC(F)(F)CC1.CNc1nn(C(C)=N)c2nc(N3CCOCC3C)ccc12. The minimum absolute atomic E-state index is 0.105. The van der Waals surface area contributed by atoms with Gasteiger partial charge in [-0.3, -0.25) is 5.41 Å². The number of nitrogens with one attached hydrogen (secondary N) is 2. The van der Waals surface area contributed by atoms with Crippen molar-refractivity contribution in [3.05, 3.63) is 12.1 Å². The van der Waals surface area contributed by atoms with Crippen LogP contribution in [0.3, 0.4) is 0 Å². The molecule has 0 radical (unpaired) electrons. The molecule has 3 heterocycles. The summed E-state index contributed by atoms with van der Waals surface area (Å²) in [5, 5.41) is 16.2. The molecule has 166 valence electrons. The van der Waals surface area contributed by atoms with Gasteiger partial charge >= 0.3 is 0 Å². The molecule has 30 heavy (non-hydrogen) atoms. The van der Waals surface area contributed by atoms with E-state index in [0.29, 0.717) is 49.5 Å². The predicted molar refractivity (Wildman–Crippen MR) is 116 cm³/mol. The number of rotatable bonds is 2. The molecular weight excluding hydrogens is 390 g/mol. The lowest BCUT2D eigenvalue weighted by Gasteiger charge is -2.34. The van der Waals surface area contributed by atoms with E-state index < -0.39 is 5.92 Å². The van der Waals surface area contributed by atoms with E-state index in [9.17, 15) is 8.78 Å². The topological polar surface area (TPSA) is 79.1 Å². The molecule has 1 saturated heterocycles. The molecule has 2 aliphatic rings. The van der Waals surface area contributed by atoms with E-state index in [4.69, 9.17) is 15.1 Å². The van der Waals surface area contributed by atoms with Crippen molar-refractivity contribution in [3.63, 3.8) is 0 Å². The van der Waals surface area contributed by atoms with Crippen LogP contribution in [0.4, 0.5) is 20.4 Å². The molecule has 1 atom stereocenters. The van der Waals surface area contributed by atoms with Crippen LogP contribution < -0.4 is 10.2 Å². The number of aromatic nitrogens is 3. The van der Waals surface area contributed by atoms with Crippen molar-refractivity contribution in [2.24, 2.45) is 5.92 Å². The van der Waals surface area contributed by atoms with Crippen LogP contribution in [-0.2, 0) is 4.74 Å². The summed E-state index contributed by atoms with van der Waals surface area (Å²) >= 11 is 0. The largest absolute Gasteiger partial charge is 0.377 e. The predicted octanol–water partition coefficient (Wildman–Crippen LogP) is 4.38. The Hall–Kier alpha value is -2.29. The third-order valence-electron chi connectivity index (χ3n) is 5.74. The Kier molecular flexibility index (Phi) is 6.90. The number of ether oxygens (including phenoxy) is 1. The van der Waals surface area contributed by atoms with E-state index in [2.05, 4.69) is 22.2 Å². The van der Waals surface area contributed by atoms with E-state index in [1.54, 1.807) is 11.6 Å². The highest BCUT2D eigenvalue weighted by atomic mass is 19.3. The first-order valence-electron chi connectivity index (χ1n) is 10.6. The summed E-state index contributed by atoms with van der Waals surface area (Å²) in [4.78, 5) is 6.96. The van der Waals surface area contributed by atoms with E-state index in [1.165, 1.54) is 0 Å². The standard InChI is InChI=1S/C14H20N6O.C7H12F2/c1-9-8-21-7-6-19(9)12-5-4-11-13(16-3)18-20(10(2)15)14(11)17-12;1-6-2-4-7(8,9)5-3-6/h4-5,9,15H,6-8H2,1-3H3,(H,16,18);6H,2-5H2,1H3. The van der Waals surface area contributed by atoms with Gasteiger partial charge in [0, 0.05) is 26.4 Å². The molecule has 0 amide bonds. The zero-order chi connectivity index (χ0) is 21.9. The summed E-state index contributed by atoms with van der Waals surface area (Å²) in [6.45, 7) is 8.13. The molecule has 0 spiro atoms. The summed E-state index contributed by atoms with van der Waals surface area (Å²) in [6.07, 6.45) is 1.61. The Morgan fingerprint density at radius 1 is 1.27 bits per heavy atom. The van der Waals surface area contributed by atoms with Crippen LogP contribution in [-0.4, -0.2) is 59.4 Å². The van der Waals surface area contributed by atoms with Gasteiger partial charge in [-0.1, -0.05) is 6.92 Å². The van der Waals surface area contributed by atoms with Gasteiger partial charge in [-0.2, -0.15) is 4.68 Å². The average Bonchev–Trinajstić information content (AvgIpc) is 3.09. The van der Waals surface area contributed by atoms with Crippen molar-refractivity contribution in [2.75, 3.05) is 37.0 Å². The summed E-state index contributed by atoms with van der Waals surface area (Å²) in [6, 6.07) is 4.32. The number of alkyl halides is 2. The highest BCUT2D eigenvalue weighted by molar-refractivity contribution is 5.95. The minimum Gasteiger partial charge on any atom is -0.377 e. The molecule has 9 heteroatoms. The molecular formula is C21H32F2N6O. The Morgan fingerprint density at radius 3 is 2.53 bits per heavy atom. The Morgan fingerprint density at radius 2 is 1.97 bits per heavy atom. The first-order chi connectivity index (χ1) is 14.2. The number of nitrogens with zero attached hydrogens (tertiary/aromatic N) is 4. The maximum Gasteiger partial charge on any atom is 0.248 e. The summed E-state index contributed by atoms with van der Waals surface area (Å²) < 4.78 is 31.8. The van der Waals surface area contributed by atoms with Gasteiger partial charge in [0.2, 0.25) is 5.92 Å². The second kappa shape index (κ2) is 9.24. The molecule has 1 saturated carbocycles. The van der Waals surface area contributed by atoms with Crippen LogP contribution in [0.5, 0.6) is 0 Å². The van der Waals surface area contributed by atoms with Crippen molar-refractivity contribution in [3.8, 4) is 0 Å². The van der Waals surface area contributed by atoms with Crippen molar-refractivity contribution in [1.29, 1.82) is 5.41 Å². The van der Waals surface area contributed by atoms with Gasteiger partial charge < -0.3 is 15.0 Å². The van der Waals surface area contributed by atoms with Crippen molar-refractivity contribution in [2.45, 2.75) is 58.4 Å². The molecule has 1 aliphatic heterocycles. The fraction of sp³-hybridized carbons (Fsp3) is 0.667. The number of fused-ring (bicyclic) bond motifs is 1. The van der Waals surface area contributed by atoms with Crippen LogP contribution in [0.1, 0.15) is 46.5 Å². The fourth-order valence-electron chi connectivity index (χ4n) is 3.82. The average molecular weight is 423 g/mol. The van der Waals surface area contributed by atoms with E-state index in [0.717, 1.165) is 23.6 Å². The maximum absolute atomic E-state index is 12.4. The number of anilines is 2. The van der Waals surface area contributed by atoms with Crippen molar-refractivity contribution < 1.29 is 13.5 Å². The van der Waals surface area contributed by atoms with Crippen LogP contribution in [0.2, 0.25) is 0 Å². The second-order valence-electron chi connectivity index (χ2n) is 8.29. The quantitative estimate of drug-likeness (QED) is 0.555. The monoisotopic (exact) mass is 422 g/mol. The second-order valence-corrected chi connectivity index (χ2v) is 8.29. The number of halogens is 2. The third kappa shape index (κ3) is 5.06. The Balaban J connectivity index is 0.000000239. The number of pyridine rings is 1. The number of hydrogen-bond acceptors (Lipinski definition) is 6. The van der Waals surface area contributed by atoms with E-state index in [1.807, 2.05) is 26.1 Å². The minimum atomic E-state index is -2.34. The number of hydrogen-bond donors (Lipinski definition) is 2. The molecule has 1 unspecified atom stereocenters. The molecule has 2 N–H and O–H groups in total. The van der Waals surface area contributed by atoms with Gasteiger partial charge in [-0.25, -0.2) is 13.8 Å². The van der Waals surface area contributed by atoms with Gasteiger partial charge in [0.05, 0.1) is 24.6 Å². The van der Waals surface area contributed by atoms with Gasteiger partial charge in [-0.15, -0.1) is 5.10 Å². The molecule has 2 fully saturated rings. The van der Waals surface area contributed by atoms with Gasteiger partial charge in [0.1, 0.15) is 11.7 Å². The highest BCUT2D eigenvalue weighted by Crippen LogP contribution is 2.35. The first kappa shape index (κ1) is 22.4. The first-order valence-corrected chi connectivity index (χ1v) is 10.6. The Labute approximate surface area is 176 Å². The van der Waals surface area contributed by atoms with Gasteiger partial charge in [0.15, 0.2) is 11.5 Å². The zero-order valence-corrected chi connectivity index (χ0v) is 18.2. The summed E-state index contributed by atoms with van der Waals surface area (Å²) in [7, 11) is 1.82. The molecule has 2 aromatic heterocycles. The maximum atomic E-state index is 12.4. The van der Waals surface area contributed by atoms with Crippen LogP contribution >= 0.6 is 0 Å². The fourth-order valence-corrected chi connectivity index (χ4v) is 3.82. The highest BCUT2D eigenvalue weighted by Gasteiger charge is 2.33. The van der Waals surface area contributed by atoms with E-state index in [-0.39, 0.29) is 12.8 Å². The molecule has 7 nitrogen and oxygen atoms in total. The third-order valence-corrected chi connectivity index (χ3v) is 5.74. The lowest BCUT2D eigenvalue weighted by molar-refractivity contribution is -0.0438. The summed E-state index contributed by atoms with van der Waals surface area (Å²) in [5.41, 5.74) is 0.711. The van der Waals surface area contributed by atoms with Gasteiger partial charge in [0.25, 0.3) is 0 Å². The molecule has 0 aromatic carbocycles. The summed E-state index contributed by atoms with van der Waals surface area (Å²) in [5.74, 6) is 0.173. The molecule has 2 aromatic rings. The van der Waals surface area contributed by atoms with Crippen LogP contribution in [0, 0.1) is 11.3 Å². The van der Waals surface area contributed by atoms with Crippen LogP contribution in [0.15, 0.2) is 12.1 Å². The van der Waals surface area contributed by atoms with Gasteiger partial charge in [-0.05, 0) is 44.7 Å². The van der Waals surface area contributed by atoms with Crippen molar-refractivity contribution >= 4 is 28.5 Å². The smallest absolute Gasteiger partial charge is 0.248 e. The Bertz CT molecular complexity index is 874. The lowest BCUT2D eigenvalue weighted by Crippen LogP contribution is -2.44. The van der Waals surface area contributed by atoms with E-state index >= 15 is 0 Å². The molecule has 4 rings (SSSR count). The molecule has 1 aliphatic carbocycles. The van der Waals surface area contributed by atoms with Crippen LogP contribution in [0.25, 0.3) is 11.0 Å². The normalized spacial score (nSPS) is 21.8. The number of morpholine rings is 1.